The molecular weight excluding hydrogens is 290 g/mol. The van der Waals surface area contributed by atoms with Crippen LogP contribution in [0.4, 0.5) is 11.6 Å². The Morgan fingerprint density at radius 1 is 1.30 bits per heavy atom. The van der Waals surface area contributed by atoms with Crippen LogP contribution < -0.4 is 16.2 Å². The Hall–Kier alpha value is -3.24. The van der Waals surface area contributed by atoms with Crippen LogP contribution in [0.15, 0.2) is 42.7 Å². The van der Waals surface area contributed by atoms with Crippen LogP contribution in [-0.4, -0.2) is 22.0 Å². The van der Waals surface area contributed by atoms with Crippen molar-refractivity contribution in [2.45, 2.75) is 6.54 Å². The lowest BCUT2D eigenvalue weighted by Gasteiger charge is -2.16. The molecule has 3 aromatic rings. The van der Waals surface area contributed by atoms with Gasteiger partial charge in [0.15, 0.2) is 17.3 Å². The van der Waals surface area contributed by atoms with Crippen molar-refractivity contribution in [2.24, 2.45) is 5.84 Å². The number of hydrogen-bond donors (Lipinski definition) is 2. The number of fused-ring (bicyclic) bond motifs is 1. The van der Waals surface area contributed by atoms with Crippen molar-refractivity contribution in [1.82, 2.24) is 15.0 Å². The fourth-order valence-corrected chi connectivity index (χ4v) is 2.23. The highest BCUT2D eigenvalue weighted by molar-refractivity contribution is 5.79. The number of rotatable bonds is 4. The van der Waals surface area contributed by atoms with Crippen LogP contribution in [0.2, 0.25) is 0 Å². The SMILES string of the molecule is CN(N)c1ncc(C#N)nc1NCc1ccc2ncccc2c1. The average molecular weight is 305 g/mol. The van der Waals surface area contributed by atoms with E-state index in [0.717, 1.165) is 16.5 Å². The summed E-state index contributed by atoms with van der Waals surface area (Å²) in [4.78, 5) is 12.7. The largest absolute Gasteiger partial charge is 0.363 e. The van der Waals surface area contributed by atoms with Gasteiger partial charge in [-0.05, 0) is 23.8 Å². The van der Waals surface area contributed by atoms with Crippen LogP contribution in [0, 0.1) is 11.3 Å². The Morgan fingerprint density at radius 2 is 2.17 bits per heavy atom. The summed E-state index contributed by atoms with van der Waals surface area (Å²) < 4.78 is 0. The van der Waals surface area contributed by atoms with Crippen LogP contribution >= 0.6 is 0 Å². The predicted molar refractivity (Wildman–Crippen MR) is 88.4 cm³/mol. The van der Waals surface area contributed by atoms with Crippen LogP contribution in [0.25, 0.3) is 10.9 Å². The first-order valence-corrected chi connectivity index (χ1v) is 7.00. The first kappa shape index (κ1) is 14.7. The van der Waals surface area contributed by atoms with E-state index >= 15 is 0 Å². The van der Waals surface area contributed by atoms with Gasteiger partial charge in [0, 0.05) is 25.2 Å². The number of hydrogen-bond acceptors (Lipinski definition) is 7. The molecule has 0 atom stereocenters. The number of benzene rings is 1. The molecule has 0 spiro atoms. The molecule has 0 saturated heterocycles. The standard InChI is InChI=1S/C16H15N7/c1-23(18)16-15(22-13(8-17)10-21-16)20-9-11-4-5-14-12(7-11)3-2-6-19-14/h2-7,10H,9,18H2,1H3,(H,20,22). The maximum absolute atomic E-state index is 8.96. The highest BCUT2D eigenvalue weighted by atomic mass is 15.4. The normalized spacial score (nSPS) is 10.3. The predicted octanol–water partition coefficient (Wildman–Crippen LogP) is 1.82. The minimum absolute atomic E-state index is 0.237. The van der Waals surface area contributed by atoms with Gasteiger partial charge in [0.2, 0.25) is 0 Å². The third-order valence-corrected chi connectivity index (χ3v) is 3.33. The quantitative estimate of drug-likeness (QED) is 0.559. The van der Waals surface area contributed by atoms with Crippen LogP contribution in [0.3, 0.4) is 0 Å². The molecule has 1 aromatic carbocycles. The van der Waals surface area contributed by atoms with Crippen molar-refractivity contribution in [3.63, 3.8) is 0 Å². The molecule has 0 unspecified atom stereocenters. The number of nitrogens with zero attached hydrogens (tertiary/aromatic N) is 5. The number of aromatic nitrogens is 3. The Balaban J connectivity index is 1.85. The lowest BCUT2D eigenvalue weighted by Crippen LogP contribution is -2.27. The molecule has 3 N–H and O–H groups in total. The van der Waals surface area contributed by atoms with E-state index in [0.29, 0.717) is 18.2 Å². The van der Waals surface area contributed by atoms with Gasteiger partial charge in [-0.25, -0.2) is 15.8 Å². The summed E-state index contributed by atoms with van der Waals surface area (Å²) in [7, 11) is 1.67. The highest BCUT2D eigenvalue weighted by Crippen LogP contribution is 2.20. The number of hydrazine groups is 1. The number of nitrogens with one attached hydrogen (secondary N) is 1. The van der Waals surface area contributed by atoms with Gasteiger partial charge < -0.3 is 5.32 Å². The van der Waals surface area contributed by atoms with Crippen molar-refractivity contribution in [3.05, 3.63) is 54.0 Å². The maximum Gasteiger partial charge on any atom is 0.185 e. The van der Waals surface area contributed by atoms with Gasteiger partial charge in [-0.15, -0.1) is 0 Å². The van der Waals surface area contributed by atoms with Crippen molar-refractivity contribution in [1.29, 1.82) is 5.26 Å². The molecule has 0 bridgehead atoms. The summed E-state index contributed by atoms with van der Waals surface area (Å²) >= 11 is 0. The molecule has 7 nitrogen and oxygen atoms in total. The van der Waals surface area contributed by atoms with Crippen molar-refractivity contribution in [2.75, 3.05) is 17.4 Å². The molecule has 0 aliphatic carbocycles. The molecule has 7 heteroatoms. The van der Waals surface area contributed by atoms with E-state index in [1.54, 1.807) is 13.2 Å². The minimum Gasteiger partial charge on any atom is -0.363 e. The molecule has 0 radical (unpaired) electrons. The maximum atomic E-state index is 8.96. The van der Waals surface area contributed by atoms with Crippen LogP contribution in [0.5, 0.6) is 0 Å². The smallest absolute Gasteiger partial charge is 0.185 e. The Morgan fingerprint density at radius 3 is 2.96 bits per heavy atom. The monoisotopic (exact) mass is 305 g/mol. The number of pyridine rings is 1. The van der Waals surface area contributed by atoms with Gasteiger partial charge in [0.1, 0.15) is 6.07 Å². The molecular formula is C16H15N7. The Labute approximate surface area is 133 Å². The van der Waals surface area contributed by atoms with Crippen molar-refractivity contribution < 1.29 is 0 Å². The minimum atomic E-state index is 0.237. The van der Waals surface area contributed by atoms with Crippen molar-refractivity contribution in [3.8, 4) is 6.07 Å². The lowest BCUT2D eigenvalue weighted by molar-refractivity contribution is 0.950. The summed E-state index contributed by atoms with van der Waals surface area (Å²) in [5.41, 5.74) is 2.26. The summed E-state index contributed by atoms with van der Waals surface area (Å²) in [5, 5.41) is 14.6. The zero-order chi connectivity index (χ0) is 16.2. The third kappa shape index (κ3) is 3.17. The first-order chi connectivity index (χ1) is 11.2. The number of nitriles is 1. The molecule has 2 heterocycles. The van der Waals surface area contributed by atoms with Gasteiger partial charge in [0.25, 0.3) is 0 Å². The molecule has 2 aromatic heterocycles. The zero-order valence-corrected chi connectivity index (χ0v) is 12.6. The van der Waals surface area contributed by atoms with E-state index in [1.807, 2.05) is 30.3 Å². The molecule has 0 aliphatic heterocycles. The summed E-state index contributed by atoms with van der Waals surface area (Å²) in [6.45, 7) is 0.537. The second-order valence-corrected chi connectivity index (χ2v) is 5.03. The van der Waals surface area contributed by atoms with Gasteiger partial charge in [0.05, 0.1) is 11.7 Å². The van der Waals surface area contributed by atoms with E-state index in [-0.39, 0.29) is 5.69 Å². The highest BCUT2D eigenvalue weighted by Gasteiger charge is 2.10. The van der Waals surface area contributed by atoms with E-state index in [2.05, 4.69) is 26.3 Å². The fourth-order valence-electron chi connectivity index (χ4n) is 2.23. The van der Waals surface area contributed by atoms with Gasteiger partial charge >= 0.3 is 0 Å². The lowest BCUT2D eigenvalue weighted by atomic mass is 10.1. The Kier molecular flexibility index (Phi) is 3.99. The van der Waals surface area contributed by atoms with Crippen LogP contribution in [0.1, 0.15) is 11.3 Å². The fraction of sp³-hybridized carbons (Fsp3) is 0.125. The van der Waals surface area contributed by atoms with E-state index in [1.165, 1.54) is 11.2 Å². The second-order valence-electron chi connectivity index (χ2n) is 5.03. The summed E-state index contributed by atoms with van der Waals surface area (Å²) in [5.74, 6) is 6.70. The second kappa shape index (κ2) is 6.25. The molecule has 0 fully saturated rings. The van der Waals surface area contributed by atoms with Crippen LogP contribution in [-0.2, 0) is 6.54 Å². The molecule has 0 amide bonds. The molecule has 114 valence electrons. The Bertz CT molecular complexity index is 883. The van der Waals surface area contributed by atoms with Crippen molar-refractivity contribution >= 4 is 22.5 Å². The number of anilines is 2. The first-order valence-electron chi connectivity index (χ1n) is 7.00. The molecule has 23 heavy (non-hydrogen) atoms. The summed E-state index contributed by atoms with van der Waals surface area (Å²) in [6, 6.07) is 11.9. The summed E-state index contributed by atoms with van der Waals surface area (Å²) in [6.07, 6.45) is 3.16. The van der Waals surface area contributed by atoms with E-state index < -0.39 is 0 Å². The van der Waals surface area contributed by atoms with E-state index in [4.69, 9.17) is 11.1 Å². The number of nitrogens with two attached hydrogens (primary N) is 1. The molecule has 0 saturated carbocycles. The van der Waals surface area contributed by atoms with Gasteiger partial charge in [-0.3, -0.25) is 9.99 Å². The topological polar surface area (TPSA) is 104 Å². The van der Waals surface area contributed by atoms with Gasteiger partial charge in [-0.1, -0.05) is 12.1 Å². The molecule has 0 aliphatic rings. The zero-order valence-electron chi connectivity index (χ0n) is 12.6. The van der Waals surface area contributed by atoms with E-state index in [9.17, 15) is 0 Å². The third-order valence-electron chi connectivity index (χ3n) is 3.33. The molecule has 3 rings (SSSR count). The average Bonchev–Trinajstić information content (AvgIpc) is 2.59. The van der Waals surface area contributed by atoms with Gasteiger partial charge in [-0.2, -0.15) is 5.26 Å².